The number of nitrogen functional groups attached to an aromatic ring is 1. The van der Waals surface area contributed by atoms with Crippen molar-refractivity contribution in [3.8, 4) is 0 Å². The Morgan fingerprint density at radius 2 is 1.93 bits per heavy atom. The summed E-state index contributed by atoms with van der Waals surface area (Å²) in [4.78, 5) is 10.7. The van der Waals surface area contributed by atoms with E-state index in [9.17, 15) is 8.78 Å². The molecule has 142 valence electrons. The number of nitrogens with two attached hydrogens (primary N) is 2. The van der Waals surface area contributed by atoms with E-state index in [1.54, 1.807) is 6.20 Å². The van der Waals surface area contributed by atoms with Gasteiger partial charge in [-0.1, -0.05) is 0 Å². The zero-order valence-electron chi connectivity index (χ0n) is 14.5. The predicted octanol–water partition coefficient (Wildman–Crippen LogP) is 2.94. The van der Waals surface area contributed by atoms with Crippen LogP contribution in [-0.2, 0) is 6.42 Å². The quantitative estimate of drug-likeness (QED) is 0.449. The maximum Gasteiger partial charge on any atom is 0.159 e. The summed E-state index contributed by atoms with van der Waals surface area (Å²) in [5.74, 6) is -0.750. The van der Waals surface area contributed by atoms with Gasteiger partial charge in [-0.2, -0.15) is 0 Å². The van der Waals surface area contributed by atoms with Crippen molar-refractivity contribution in [1.29, 1.82) is 5.41 Å². The van der Waals surface area contributed by atoms with Crippen molar-refractivity contribution in [1.82, 2.24) is 9.97 Å². The molecule has 0 unspecified atom stereocenters. The summed E-state index contributed by atoms with van der Waals surface area (Å²) in [6, 6.07) is 2.23. The summed E-state index contributed by atoms with van der Waals surface area (Å²) in [6.45, 7) is 1.42. The van der Waals surface area contributed by atoms with Gasteiger partial charge >= 0.3 is 0 Å². The largest absolute Gasteiger partial charge is 0.382 e. The Bertz CT molecular complexity index is 926. The van der Waals surface area contributed by atoms with Crippen LogP contribution in [0.25, 0.3) is 0 Å². The van der Waals surface area contributed by atoms with Gasteiger partial charge in [-0.15, -0.1) is 0 Å². The van der Waals surface area contributed by atoms with E-state index < -0.39 is 11.6 Å². The lowest BCUT2D eigenvalue weighted by Crippen LogP contribution is -2.44. The highest BCUT2D eigenvalue weighted by Gasteiger charge is 2.46. The minimum atomic E-state index is -0.842. The van der Waals surface area contributed by atoms with E-state index in [2.05, 4.69) is 14.9 Å². The van der Waals surface area contributed by atoms with Crippen molar-refractivity contribution in [3.63, 3.8) is 0 Å². The molecule has 1 atom stereocenters. The Morgan fingerprint density at radius 3 is 2.56 bits per heavy atom. The average Bonchev–Trinajstić information content (AvgIpc) is 2.87. The number of aromatic nitrogens is 2. The second kappa shape index (κ2) is 6.62. The molecule has 9 heteroatoms. The number of anilines is 2. The third-order valence-corrected chi connectivity index (χ3v) is 6.31. The molecule has 27 heavy (non-hydrogen) atoms. The topological polar surface area (TPSA) is 105 Å². The molecule has 0 bridgehead atoms. The molecule has 1 spiro atoms. The number of rotatable bonds is 2. The van der Waals surface area contributed by atoms with E-state index in [1.807, 2.05) is 22.6 Å². The molecule has 2 heterocycles. The zero-order chi connectivity index (χ0) is 19.3. The fourth-order valence-electron chi connectivity index (χ4n) is 4.25. The molecule has 0 radical (unpaired) electrons. The maximum atomic E-state index is 13.6. The molecule has 1 saturated heterocycles. The van der Waals surface area contributed by atoms with E-state index in [4.69, 9.17) is 16.9 Å². The normalized spacial score (nSPS) is 20.7. The fraction of sp³-hybridized carbons (Fsp3) is 0.389. The number of hydrogen-bond donors (Lipinski definition) is 3. The van der Waals surface area contributed by atoms with Crippen molar-refractivity contribution < 1.29 is 8.78 Å². The summed E-state index contributed by atoms with van der Waals surface area (Å²) < 4.78 is 27.5. The molecule has 1 fully saturated rings. The number of fused-ring (bicyclic) bond motifs is 1. The van der Waals surface area contributed by atoms with Gasteiger partial charge in [0, 0.05) is 19.1 Å². The smallest absolute Gasteiger partial charge is 0.159 e. The highest BCUT2D eigenvalue weighted by atomic mass is 127. The molecule has 4 rings (SSSR count). The van der Waals surface area contributed by atoms with Gasteiger partial charge in [-0.05, 0) is 70.5 Å². The predicted molar refractivity (Wildman–Crippen MR) is 108 cm³/mol. The monoisotopic (exact) mass is 484 g/mol. The highest BCUT2D eigenvalue weighted by Crippen LogP contribution is 2.51. The lowest BCUT2D eigenvalue weighted by molar-refractivity contribution is 0.187. The van der Waals surface area contributed by atoms with Gasteiger partial charge in [-0.25, -0.2) is 18.7 Å². The molecule has 5 N–H and O–H groups in total. The number of piperidine rings is 1. The number of hydrogen-bond acceptors (Lipinski definition) is 6. The van der Waals surface area contributed by atoms with Crippen molar-refractivity contribution in [2.45, 2.75) is 25.3 Å². The van der Waals surface area contributed by atoms with Gasteiger partial charge in [0.05, 0.1) is 6.20 Å². The third-order valence-electron chi connectivity index (χ3n) is 5.80. The molecule has 0 saturated carbocycles. The zero-order valence-corrected chi connectivity index (χ0v) is 16.6. The van der Waals surface area contributed by atoms with Crippen LogP contribution in [0.2, 0.25) is 0 Å². The number of nitrogens with zero attached hydrogens (tertiary/aromatic N) is 3. The van der Waals surface area contributed by atoms with Crippen molar-refractivity contribution in [2.75, 3.05) is 23.7 Å². The van der Waals surface area contributed by atoms with Crippen molar-refractivity contribution in [3.05, 3.63) is 46.8 Å². The summed E-state index contributed by atoms with van der Waals surface area (Å²) >= 11 is 1.85. The highest BCUT2D eigenvalue weighted by molar-refractivity contribution is 14.1. The second-order valence-corrected chi connectivity index (χ2v) is 8.32. The molecule has 1 aromatic heterocycles. The van der Waals surface area contributed by atoms with Crippen LogP contribution in [0.5, 0.6) is 0 Å². The van der Waals surface area contributed by atoms with Gasteiger partial charge in [0.15, 0.2) is 17.5 Å². The third kappa shape index (κ3) is 3.06. The standard InChI is InChI=1S/C18H19F2IN6/c19-11-5-9-7-18(15(22)10(9)6-12(11)20)1-3-27(4-2-18)13-8-25-14(16(21)23)17(24)26-13/h5-6,8,15,23H,1-4,7,22H2,(H2,24,26)/t15-/m1/s1. The first kappa shape index (κ1) is 18.5. The van der Waals surface area contributed by atoms with E-state index in [-0.39, 0.29) is 21.0 Å². The average molecular weight is 484 g/mol. The summed E-state index contributed by atoms with van der Waals surface area (Å²) in [5, 5.41) is 7.64. The fourth-order valence-corrected chi connectivity index (χ4v) is 4.66. The van der Waals surface area contributed by atoms with E-state index in [0.29, 0.717) is 31.0 Å². The first-order valence-corrected chi connectivity index (χ1v) is 9.74. The van der Waals surface area contributed by atoms with Crippen LogP contribution in [-0.4, -0.2) is 26.8 Å². The minimum absolute atomic E-state index is 0.192. The second-order valence-electron chi connectivity index (χ2n) is 7.25. The van der Waals surface area contributed by atoms with Crippen molar-refractivity contribution >= 4 is 37.9 Å². The summed E-state index contributed by atoms with van der Waals surface area (Å²) in [5.41, 5.74) is 14.1. The van der Waals surface area contributed by atoms with Crippen molar-refractivity contribution in [2.24, 2.45) is 11.1 Å². The molecule has 1 aromatic carbocycles. The molecule has 1 aliphatic carbocycles. The SMILES string of the molecule is N=C(I)c1ncc(N2CCC3(CC2)Cc2cc(F)c(F)cc2[C@H]3N)nc1N. The number of benzene rings is 1. The Balaban J connectivity index is 1.53. The van der Waals surface area contributed by atoms with Crippen LogP contribution in [0.15, 0.2) is 18.3 Å². The lowest BCUT2D eigenvalue weighted by Gasteiger charge is -2.42. The molecule has 2 aromatic rings. The van der Waals surface area contributed by atoms with Crippen LogP contribution in [0, 0.1) is 22.5 Å². The van der Waals surface area contributed by atoms with Crippen LogP contribution in [0.1, 0.15) is 35.7 Å². The molecule has 1 aliphatic heterocycles. The van der Waals surface area contributed by atoms with Gasteiger partial charge in [0.2, 0.25) is 0 Å². The summed E-state index contributed by atoms with van der Waals surface area (Å²) in [6.07, 6.45) is 3.87. The van der Waals surface area contributed by atoms with Crippen LogP contribution >= 0.6 is 22.6 Å². The Morgan fingerprint density at radius 1 is 1.26 bits per heavy atom. The van der Waals surface area contributed by atoms with Crippen LogP contribution in [0.4, 0.5) is 20.4 Å². The van der Waals surface area contributed by atoms with E-state index in [1.165, 1.54) is 12.1 Å². The lowest BCUT2D eigenvalue weighted by atomic mass is 9.73. The van der Waals surface area contributed by atoms with Gasteiger partial charge in [0.25, 0.3) is 0 Å². The van der Waals surface area contributed by atoms with Gasteiger partial charge in [0.1, 0.15) is 15.2 Å². The maximum absolute atomic E-state index is 13.6. The van der Waals surface area contributed by atoms with Gasteiger partial charge in [-0.3, -0.25) is 5.41 Å². The first-order valence-electron chi connectivity index (χ1n) is 8.66. The minimum Gasteiger partial charge on any atom is -0.382 e. The Hall–Kier alpha value is -1.88. The Labute approximate surface area is 169 Å². The number of nitrogens with one attached hydrogen (secondary N) is 1. The molecule has 0 amide bonds. The first-order chi connectivity index (χ1) is 12.8. The van der Waals surface area contributed by atoms with E-state index in [0.717, 1.165) is 24.0 Å². The van der Waals surface area contributed by atoms with E-state index >= 15 is 0 Å². The molecular formula is C18H19F2IN6. The number of halogens is 3. The molecule has 6 nitrogen and oxygen atoms in total. The Kier molecular flexibility index (Phi) is 4.53. The van der Waals surface area contributed by atoms with Crippen LogP contribution < -0.4 is 16.4 Å². The molecular weight excluding hydrogens is 465 g/mol. The van der Waals surface area contributed by atoms with Crippen LogP contribution in [0.3, 0.4) is 0 Å². The molecule has 2 aliphatic rings. The van der Waals surface area contributed by atoms with Gasteiger partial charge < -0.3 is 16.4 Å². The summed E-state index contributed by atoms with van der Waals surface area (Å²) in [7, 11) is 0.